The molecule has 2 fully saturated rings. The van der Waals surface area contributed by atoms with E-state index >= 15 is 0 Å². The van der Waals surface area contributed by atoms with Crippen LogP contribution in [-0.2, 0) is 4.74 Å². The smallest absolute Gasteiger partial charge is 0.0847 e. The molecule has 24 heavy (non-hydrogen) atoms. The van der Waals surface area contributed by atoms with E-state index in [1.54, 1.807) is 0 Å². The Morgan fingerprint density at radius 3 is 1.08 bits per heavy atom. The summed E-state index contributed by atoms with van der Waals surface area (Å²) in [4.78, 5) is 2.95. The monoisotopic (exact) mass is 975 g/mol. The van der Waals surface area contributed by atoms with Crippen molar-refractivity contribution in [3.05, 3.63) is 0 Å². The van der Waals surface area contributed by atoms with Crippen molar-refractivity contribution in [2.75, 3.05) is 6.61 Å². The molecule has 0 spiro atoms. The van der Waals surface area contributed by atoms with E-state index in [4.69, 9.17) is 4.74 Å². The van der Waals surface area contributed by atoms with E-state index in [9.17, 15) is 0 Å². The highest BCUT2D eigenvalue weighted by Gasteiger charge is 2.49. The lowest BCUT2D eigenvalue weighted by atomic mass is 9.89. The lowest BCUT2D eigenvalue weighted by Gasteiger charge is -2.45. The topological polar surface area (TPSA) is 9.23 Å². The van der Waals surface area contributed by atoms with Crippen molar-refractivity contribution in [2.24, 2.45) is 5.92 Å². The molecule has 142 valence electrons. The van der Waals surface area contributed by atoms with E-state index in [1.807, 2.05) is 0 Å². The Balaban J connectivity index is 2.06. The van der Waals surface area contributed by atoms with Gasteiger partial charge in [-0.3, -0.25) is 0 Å². The zero-order chi connectivity index (χ0) is 18.3. The minimum Gasteiger partial charge on any atom is -0.375 e. The van der Waals surface area contributed by atoms with Gasteiger partial charge in [-0.2, -0.15) is 0 Å². The van der Waals surface area contributed by atoms with Gasteiger partial charge in [0.25, 0.3) is 0 Å². The average molecular weight is 985 g/mol. The van der Waals surface area contributed by atoms with Crippen LogP contribution in [0.3, 0.4) is 0 Å². The van der Waals surface area contributed by atoms with E-state index < -0.39 is 0 Å². The predicted molar refractivity (Wildman–Crippen MR) is 140 cm³/mol. The number of rotatable bonds is 3. The van der Waals surface area contributed by atoms with Gasteiger partial charge < -0.3 is 4.74 Å². The summed E-state index contributed by atoms with van der Waals surface area (Å²) >= 11 is 38.0. The lowest BCUT2D eigenvalue weighted by Crippen LogP contribution is -2.56. The van der Waals surface area contributed by atoms with Crippen molar-refractivity contribution in [2.45, 2.75) is 54.4 Å². The molecular weight excluding hydrogens is 971 g/mol. The minimum atomic E-state index is 0.0659. The minimum absolute atomic E-state index is 0.0659. The summed E-state index contributed by atoms with van der Waals surface area (Å²) in [6.45, 7) is 0.678. The second-order valence-corrected chi connectivity index (χ2v) is 16.5. The van der Waals surface area contributed by atoms with Gasteiger partial charge in [-0.05, 0) is 0 Å². The van der Waals surface area contributed by atoms with Crippen molar-refractivity contribution < 1.29 is 4.74 Å². The first-order valence-corrected chi connectivity index (χ1v) is 16.3. The van der Waals surface area contributed by atoms with E-state index in [-0.39, 0.29) is 25.4 Å². The quantitative estimate of drug-likeness (QED) is 0.265. The summed E-state index contributed by atoms with van der Waals surface area (Å²) in [6, 6.07) is 0. The Hall–Kier alpha value is 4.76. The molecule has 0 saturated heterocycles. The molecule has 11 heteroatoms. The van der Waals surface area contributed by atoms with Crippen LogP contribution in [-0.4, -0.2) is 61.0 Å². The molecule has 0 aliphatic heterocycles. The third-order valence-corrected chi connectivity index (χ3v) is 21.5. The number of hydrogen-bond donors (Lipinski definition) is 0. The zero-order valence-corrected chi connectivity index (χ0v) is 27.7. The molecule has 0 amide bonds. The van der Waals surface area contributed by atoms with Crippen LogP contribution in [0.5, 0.6) is 0 Å². The summed E-state index contributed by atoms with van der Waals surface area (Å²) in [5.41, 5.74) is 0. The van der Waals surface area contributed by atoms with E-state index in [1.165, 1.54) is 0 Å². The van der Waals surface area contributed by atoms with Crippen LogP contribution >= 0.6 is 159 Å². The molecule has 1 nitrogen and oxygen atoms in total. The summed E-state index contributed by atoms with van der Waals surface area (Å²) in [6.07, 6.45) is 0.0659. The van der Waals surface area contributed by atoms with Crippen LogP contribution in [0.1, 0.15) is 0 Å². The number of hydrogen-bond acceptors (Lipinski definition) is 1. The van der Waals surface area contributed by atoms with E-state index in [2.05, 4.69) is 159 Å². The largest absolute Gasteiger partial charge is 0.375 e. The summed E-state index contributed by atoms with van der Waals surface area (Å²) in [5, 5.41) is 0. The molecule has 0 aromatic heterocycles. The van der Waals surface area contributed by atoms with Crippen LogP contribution in [0.4, 0.5) is 0 Å². The van der Waals surface area contributed by atoms with Gasteiger partial charge in [0.1, 0.15) is 0 Å². The molecule has 0 N–H and O–H groups in total. The fraction of sp³-hybridized carbons (Fsp3) is 1.00. The molecule has 0 radical (unpaired) electrons. The number of ether oxygens (including phenoxy) is 1. The van der Waals surface area contributed by atoms with Gasteiger partial charge >= 0.3 is 0 Å². The second-order valence-electron chi connectivity index (χ2n) is 5.91. The Kier molecular flexibility index (Phi) is 11.3. The number of halogens is 10. The molecule has 2 aliphatic carbocycles. The molecule has 0 aromatic rings. The van der Waals surface area contributed by atoms with Gasteiger partial charge in [-0.1, -0.05) is 159 Å². The second kappa shape index (κ2) is 10.9. The van der Waals surface area contributed by atoms with E-state index in [0.717, 1.165) is 0 Å². The number of alkyl halides is 10. The fourth-order valence-corrected chi connectivity index (χ4v) is 13.4. The van der Waals surface area contributed by atoms with Crippen molar-refractivity contribution in [3.63, 3.8) is 0 Å². The third-order valence-electron chi connectivity index (χ3n) is 4.36. The van der Waals surface area contributed by atoms with Crippen LogP contribution in [0, 0.1) is 5.92 Å². The Morgan fingerprint density at radius 2 is 0.708 bits per heavy atom. The maximum Gasteiger partial charge on any atom is 0.0847 e. The maximum atomic E-state index is 6.42. The Labute approximate surface area is 227 Å². The molecule has 2 rings (SSSR count). The first-order chi connectivity index (χ1) is 11.1. The van der Waals surface area contributed by atoms with Crippen LogP contribution in [0.2, 0.25) is 0 Å². The lowest BCUT2D eigenvalue weighted by molar-refractivity contribution is 0.0201. The summed E-state index contributed by atoms with van der Waals surface area (Å²) in [5.74, 6) is 0.344. The maximum absolute atomic E-state index is 6.42. The van der Waals surface area contributed by atoms with Crippen molar-refractivity contribution in [1.29, 1.82) is 0 Å². The standard InChI is InChI=1S/C13H14Br10O/c14-3-2(4(15)6(17)7(18)5(3)16)1-24-13-11(22)9(20)8(19)10(21)12(13)23/h2-13H,1H2. The van der Waals surface area contributed by atoms with Gasteiger partial charge in [0.05, 0.1) is 22.4 Å². The average Bonchev–Trinajstić information content (AvgIpc) is 2.57. The van der Waals surface area contributed by atoms with Gasteiger partial charge in [0, 0.05) is 44.5 Å². The van der Waals surface area contributed by atoms with Crippen molar-refractivity contribution in [3.8, 4) is 0 Å². The molecule has 2 aliphatic rings. The first-order valence-electron chi connectivity index (χ1n) is 7.11. The highest BCUT2D eigenvalue weighted by atomic mass is 79.9. The van der Waals surface area contributed by atoms with Crippen molar-refractivity contribution in [1.82, 2.24) is 0 Å². The van der Waals surface area contributed by atoms with E-state index in [0.29, 0.717) is 41.5 Å². The highest BCUT2D eigenvalue weighted by molar-refractivity contribution is 9.16. The molecule has 0 bridgehead atoms. The molecular formula is C13H14Br10O. The van der Waals surface area contributed by atoms with Gasteiger partial charge in [-0.15, -0.1) is 0 Å². The Morgan fingerprint density at radius 1 is 0.417 bits per heavy atom. The molecule has 2 saturated carbocycles. The Bertz CT molecular complexity index is 358. The van der Waals surface area contributed by atoms with Gasteiger partial charge in [-0.25, -0.2) is 0 Å². The summed E-state index contributed by atoms with van der Waals surface area (Å²) in [7, 11) is 0. The highest BCUT2D eigenvalue weighted by Crippen LogP contribution is 2.46. The fourth-order valence-electron chi connectivity index (χ4n) is 2.83. The zero-order valence-electron chi connectivity index (χ0n) is 11.8. The van der Waals surface area contributed by atoms with Crippen LogP contribution in [0.15, 0.2) is 0 Å². The predicted octanol–water partition coefficient (Wildman–Crippen LogP) is 7.65. The van der Waals surface area contributed by atoms with Crippen LogP contribution in [0.25, 0.3) is 0 Å². The molecule has 0 aromatic carbocycles. The molecule has 0 heterocycles. The first kappa shape index (κ1) is 25.0. The summed E-state index contributed by atoms with van der Waals surface area (Å²) < 4.78 is 6.42. The molecule has 8 unspecified atom stereocenters. The van der Waals surface area contributed by atoms with Crippen molar-refractivity contribution >= 4 is 159 Å². The molecule has 8 atom stereocenters. The third kappa shape index (κ3) is 5.32. The SMILES string of the molecule is BrC1C(Br)C(Br)C(COC2C(Br)C(Br)C(Br)C(Br)C2Br)C(Br)C1Br. The van der Waals surface area contributed by atoms with Gasteiger partial charge in [0.2, 0.25) is 0 Å². The van der Waals surface area contributed by atoms with Crippen LogP contribution < -0.4 is 0 Å². The normalized spacial score (nSPS) is 56.2. The van der Waals surface area contributed by atoms with Gasteiger partial charge in [0.15, 0.2) is 0 Å².